The van der Waals surface area contributed by atoms with Gasteiger partial charge in [0, 0.05) is 7.11 Å². The third-order valence-electron chi connectivity index (χ3n) is 3.00. The van der Waals surface area contributed by atoms with Crippen LogP contribution in [0, 0.1) is 0 Å². The first-order valence-corrected chi connectivity index (χ1v) is 6.00. The first kappa shape index (κ1) is 15.2. The summed E-state index contributed by atoms with van der Waals surface area (Å²) in [6.45, 7) is 3.07. The number of nitrogens with one attached hydrogen (secondary N) is 1. The Labute approximate surface area is 112 Å². The van der Waals surface area contributed by atoms with E-state index in [1.165, 1.54) is 14.0 Å². The van der Waals surface area contributed by atoms with Crippen LogP contribution in [-0.2, 0) is 14.3 Å². The Balaban J connectivity index is 2.81. The minimum Gasteiger partial charge on any atom is -0.479 e. The molecule has 0 aliphatic heterocycles. The Bertz CT molecular complexity index is 446. The van der Waals surface area contributed by atoms with Crippen molar-refractivity contribution < 1.29 is 19.4 Å². The highest BCUT2D eigenvalue weighted by atomic mass is 16.5. The van der Waals surface area contributed by atoms with Gasteiger partial charge in [-0.3, -0.25) is 4.79 Å². The van der Waals surface area contributed by atoms with E-state index in [0.29, 0.717) is 0 Å². The summed E-state index contributed by atoms with van der Waals surface area (Å²) in [5, 5.41) is 11.7. The van der Waals surface area contributed by atoms with Gasteiger partial charge in [-0.05, 0) is 19.4 Å². The van der Waals surface area contributed by atoms with Crippen molar-refractivity contribution in [2.45, 2.75) is 25.3 Å². The molecule has 0 bridgehead atoms. The molecular weight excluding hydrogens is 246 g/mol. The number of hydrogen-bond donors (Lipinski definition) is 2. The van der Waals surface area contributed by atoms with Crippen LogP contribution in [0.1, 0.15) is 25.3 Å². The smallest absolute Gasteiger partial charge is 0.331 e. The maximum absolute atomic E-state index is 12.1. The molecule has 0 heterocycles. The van der Waals surface area contributed by atoms with Crippen LogP contribution in [0.4, 0.5) is 0 Å². The number of carbonyl (C=O) groups is 2. The molecule has 5 heteroatoms. The molecule has 2 N–H and O–H groups in total. The summed E-state index contributed by atoms with van der Waals surface area (Å²) in [7, 11) is 1.40. The predicted molar refractivity (Wildman–Crippen MR) is 70.9 cm³/mol. The fraction of sp³-hybridized carbons (Fsp3) is 0.429. The van der Waals surface area contributed by atoms with Gasteiger partial charge in [0.2, 0.25) is 5.91 Å². The molecule has 0 aliphatic rings. The van der Waals surface area contributed by atoms with Gasteiger partial charge in [-0.2, -0.15) is 0 Å². The molecule has 1 aromatic rings. The van der Waals surface area contributed by atoms with E-state index in [1.54, 1.807) is 6.92 Å². The molecule has 1 amide bonds. The van der Waals surface area contributed by atoms with Gasteiger partial charge in [0.25, 0.3) is 0 Å². The van der Waals surface area contributed by atoms with Gasteiger partial charge in [-0.25, -0.2) is 4.79 Å². The van der Waals surface area contributed by atoms with Crippen LogP contribution in [0.15, 0.2) is 30.3 Å². The van der Waals surface area contributed by atoms with Gasteiger partial charge >= 0.3 is 5.97 Å². The largest absolute Gasteiger partial charge is 0.479 e. The van der Waals surface area contributed by atoms with Crippen molar-refractivity contribution in [1.29, 1.82) is 0 Å². The van der Waals surface area contributed by atoms with E-state index < -0.39 is 17.4 Å². The van der Waals surface area contributed by atoms with Crippen molar-refractivity contribution in [1.82, 2.24) is 5.32 Å². The molecule has 0 radical (unpaired) electrons. The Kier molecular flexibility index (Phi) is 5.06. The minimum absolute atomic E-state index is 0.0877. The van der Waals surface area contributed by atoms with Gasteiger partial charge in [-0.1, -0.05) is 30.3 Å². The van der Waals surface area contributed by atoms with E-state index in [2.05, 4.69) is 5.32 Å². The van der Waals surface area contributed by atoms with Gasteiger partial charge in [-0.15, -0.1) is 0 Å². The molecule has 2 atom stereocenters. The third-order valence-corrected chi connectivity index (χ3v) is 3.00. The molecule has 0 saturated carbocycles. The topological polar surface area (TPSA) is 75.6 Å². The molecule has 0 aliphatic carbocycles. The number of carboxylic acid groups (broad SMARTS) is 1. The Morgan fingerprint density at radius 2 is 1.95 bits per heavy atom. The van der Waals surface area contributed by atoms with Crippen LogP contribution in [0.2, 0.25) is 0 Å². The summed E-state index contributed by atoms with van der Waals surface area (Å²) in [5.74, 6) is -1.88. The maximum Gasteiger partial charge on any atom is 0.331 e. The lowest BCUT2D eigenvalue weighted by molar-refractivity contribution is -0.149. The van der Waals surface area contributed by atoms with Gasteiger partial charge in [0.1, 0.15) is 0 Å². The second-order valence-corrected chi connectivity index (χ2v) is 4.69. The highest BCUT2D eigenvalue weighted by Crippen LogP contribution is 2.16. The van der Waals surface area contributed by atoms with Crippen LogP contribution in [-0.4, -0.2) is 36.2 Å². The molecular formula is C14H19NO4. The normalized spacial score (nSPS) is 15.3. The summed E-state index contributed by atoms with van der Waals surface area (Å²) in [6, 6.07) is 9.20. The maximum atomic E-state index is 12.1. The van der Waals surface area contributed by atoms with E-state index in [0.717, 1.165) is 5.56 Å². The standard InChI is InChI=1S/C14H19NO4/c1-10(11-7-5-4-6-8-11)12(16)15-14(2,9-19-3)13(17)18/h4-8,10H,9H2,1-3H3,(H,15,16)(H,17,18)/t10-,14?/m1/s1. The first-order chi connectivity index (χ1) is 8.90. The molecule has 1 unspecified atom stereocenters. The third kappa shape index (κ3) is 3.79. The van der Waals surface area contributed by atoms with Crippen molar-refractivity contribution >= 4 is 11.9 Å². The van der Waals surface area contributed by atoms with Crippen molar-refractivity contribution in [3.8, 4) is 0 Å². The van der Waals surface area contributed by atoms with Gasteiger partial charge in [0.15, 0.2) is 5.54 Å². The minimum atomic E-state index is -1.42. The fourth-order valence-corrected chi connectivity index (χ4v) is 1.71. The molecule has 19 heavy (non-hydrogen) atoms. The Morgan fingerprint density at radius 1 is 1.37 bits per heavy atom. The Hall–Kier alpha value is -1.88. The lowest BCUT2D eigenvalue weighted by Gasteiger charge is -2.27. The number of carboxylic acids is 1. The Morgan fingerprint density at radius 3 is 2.42 bits per heavy atom. The van der Waals surface area contributed by atoms with Crippen LogP contribution >= 0.6 is 0 Å². The molecule has 0 aromatic heterocycles. The quantitative estimate of drug-likeness (QED) is 0.815. The van der Waals surface area contributed by atoms with Crippen molar-refractivity contribution in [2.75, 3.05) is 13.7 Å². The summed E-state index contributed by atoms with van der Waals surface area (Å²) >= 11 is 0. The van der Waals surface area contributed by atoms with E-state index in [-0.39, 0.29) is 12.5 Å². The van der Waals surface area contributed by atoms with E-state index in [4.69, 9.17) is 4.74 Å². The van der Waals surface area contributed by atoms with Crippen LogP contribution in [0.5, 0.6) is 0 Å². The van der Waals surface area contributed by atoms with Crippen molar-refractivity contribution in [2.24, 2.45) is 0 Å². The summed E-state index contributed by atoms with van der Waals surface area (Å²) in [4.78, 5) is 23.3. The number of methoxy groups -OCH3 is 1. The average Bonchev–Trinajstić information content (AvgIpc) is 2.38. The van der Waals surface area contributed by atoms with Crippen LogP contribution in [0.25, 0.3) is 0 Å². The monoisotopic (exact) mass is 265 g/mol. The highest BCUT2D eigenvalue weighted by Gasteiger charge is 2.36. The van der Waals surface area contributed by atoms with Crippen molar-refractivity contribution in [3.05, 3.63) is 35.9 Å². The van der Waals surface area contributed by atoms with E-state index in [9.17, 15) is 14.7 Å². The second-order valence-electron chi connectivity index (χ2n) is 4.69. The number of ether oxygens (including phenoxy) is 1. The number of amides is 1. The molecule has 5 nitrogen and oxygen atoms in total. The predicted octanol–water partition coefficient (Wildman–Crippen LogP) is 1.40. The molecule has 0 fully saturated rings. The van der Waals surface area contributed by atoms with Crippen molar-refractivity contribution in [3.63, 3.8) is 0 Å². The fourth-order valence-electron chi connectivity index (χ4n) is 1.71. The second kappa shape index (κ2) is 6.33. The molecule has 104 valence electrons. The van der Waals surface area contributed by atoms with Crippen LogP contribution in [0.3, 0.4) is 0 Å². The summed E-state index contributed by atoms with van der Waals surface area (Å²) < 4.78 is 4.86. The zero-order chi connectivity index (χ0) is 14.5. The highest BCUT2D eigenvalue weighted by molar-refractivity contribution is 5.90. The first-order valence-electron chi connectivity index (χ1n) is 6.00. The number of aliphatic carboxylic acids is 1. The molecule has 0 spiro atoms. The lowest BCUT2D eigenvalue weighted by Crippen LogP contribution is -2.56. The van der Waals surface area contributed by atoms with E-state index in [1.807, 2.05) is 30.3 Å². The number of benzene rings is 1. The van der Waals surface area contributed by atoms with Gasteiger partial charge < -0.3 is 15.2 Å². The molecule has 1 aromatic carbocycles. The zero-order valence-corrected chi connectivity index (χ0v) is 11.3. The number of rotatable bonds is 6. The van der Waals surface area contributed by atoms with Gasteiger partial charge in [0.05, 0.1) is 12.5 Å². The average molecular weight is 265 g/mol. The summed E-state index contributed by atoms with van der Waals surface area (Å²) in [6.07, 6.45) is 0. The summed E-state index contributed by atoms with van der Waals surface area (Å²) in [5.41, 5.74) is -0.584. The molecule has 0 saturated heterocycles. The zero-order valence-electron chi connectivity index (χ0n) is 11.3. The van der Waals surface area contributed by atoms with E-state index >= 15 is 0 Å². The van der Waals surface area contributed by atoms with Crippen LogP contribution < -0.4 is 5.32 Å². The SMILES string of the molecule is COCC(C)(NC(=O)[C@H](C)c1ccccc1)C(=O)O. The number of hydrogen-bond acceptors (Lipinski definition) is 3. The molecule has 1 rings (SSSR count). The lowest BCUT2D eigenvalue weighted by atomic mass is 9.97. The number of carbonyl (C=O) groups excluding carboxylic acids is 1.